The summed E-state index contributed by atoms with van der Waals surface area (Å²) in [6.07, 6.45) is 18.0. The maximum absolute atomic E-state index is 4.78. The van der Waals surface area contributed by atoms with Gasteiger partial charge in [0.05, 0.1) is 47.7 Å². The average Bonchev–Trinajstić information content (AvgIpc) is 1.63. The molecule has 0 atom stereocenters. The molecule has 8 aromatic heterocycles. The van der Waals surface area contributed by atoms with E-state index in [1.54, 1.807) is 48.0 Å². The molecule has 0 spiro atoms. The summed E-state index contributed by atoms with van der Waals surface area (Å²) in [6.45, 7) is 37.6. The first kappa shape index (κ1) is 85.7. The standard InChI is InChI=1S/C25H31N5S2.C24H29N5S2.C23H27N5S2.C22H25N5S2/c1-25(2)17-26-24(32-25)30-14-12-29(13-15-30)22-21-16-20(31-23(21)28-18-27-22)11-7-6-10-19-8-4-3-5-9-19;1-24(2)16-25-23(31-24)29-13-11-28(12-14-29)21-20-15-19(30-22(20)27-17-26-21)10-6-9-18-7-4-3-5-8-18;1-23(2)15-24-22(30-23)28-12-10-27(11-13-28)20-19-14-18(29-21(19)26-16-25-20)9-8-17-6-4-3-5-7-17;1-22(2)14-23-21(29-22)27-10-8-26(9-11-27)19-18-13-17(28-20(18)25-15-24-19)12-16-6-4-3-5-7-16/h3-5,8-9,16,18H,6-7,10-15,17H2,1-2H3;3-5,7-8,15,17H,6,9-14,16H2,1-2H3;3-7,14,16H,8-13,15H2,1-2H3;3-7,13,15H,8-12,14H2,1-2H3. The summed E-state index contributed by atoms with van der Waals surface area (Å²) in [4.78, 5) is 85.4. The van der Waals surface area contributed by atoms with Gasteiger partial charge in [0, 0.05) is 150 Å². The number of thiophene rings is 4. The minimum Gasteiger partial charge on any atom is -0.352 e. The SMILES string of the molecule is CC1(C)CN=C(N2CCN(c3ncnc4sc(CCCCc5ccccc5)cc34)CC2)S1.CC1(C)CN=C(N2CCN(c3ncnc4sc(CCCc5ccccc5)cc34)CC2)S1.CC1(C)CN=C(N2CCN(c3ncnc4sc(CCc5ccccc5)cc34)CC2)S1.CC1(C)CN=C(N2CCN(c3ncnc4sc(Cc5ccccc5)cc34)CC2)S1. The maximum atomic E-state index is 4.78. The van der Waals surface area contributed by atoms with Crippen LogP contribution in [0.25, 0.3) is 40.9 Å². The number of unbranched alkanes of at least 4 members (excludes halogenated alkanes) is 1. The molecule has 4 fully saturated rings. The second kappa shape index (κ2) is 39.0. The van der Waals surface area contributed by atoms with Crippen LogP contribution >= 0.6 is 92.4 Å². The normalized spacial score (nSPS) is 18.7. The third kappa shape index (κ3) is 21.9. The first-order valence-corrected chi connectivity index (χ1v) is 49.9. The van der Waals surface area contributed by atoms with Gasteiger partial charge >= 0.3 is 0 Å². The Morgan fingerprint density at radius 2 is 0.500 bits per heavy atom. The molecule has 0 radical (unpaired) electrons. The predicted molar refractivity (Wildman–Crippen MR) is 525 cm³/mol. The lowest BCUT2D eigenvalue weighted by molar-refractivity contribution is 0.391. The van der Waals surface area contributed by atoms with Crippen molar-refractivity contribution in [2.45, 2.75) is 139 Å². The Labute approximate surface area is 752 Å². The fourth-order valence-corrected chi connectivity index (χ4v) is 24.8. The second-order valence-electron chi connectivity index (χ2n) is 34.9. The van der Waals surface area contributed by atoms with Crippen LogP contribution in [0.2, 0.25) is 0 Å². The highest BCUT2D eigenvalue weighted by molar-refractivity contribution is 8.16. The van der Waals surface area contributed by atoms with Gasteiger partial charge in [-0.25, -0.2) is 39.9 Å². The number of amidine groups is 4. The lowest BCUT2D eigenvalue weighted by atomic mass is 10.1. The number of nitrogens with zero attached hydrogens (tertiary/aromatic N) is 20. The number of aliphatic imine (C=N–C) groups is 4. The van der Waals surface area contributed by atoms with Crippen molar-refractivity contribution >= 4 is 177 Å². The third-order valence-electron chi connectivity index (χ3n) is 23.1. The van der Waals surface area contributed by atoms with E-state index in [4.69, 9.17) is 25.0 Å². The molecule has 0 aliphatic carbocycles. The highest BCUT2D eigenvalue weighted by Crippen LogP contribution is 2.42. The van der Waals surface area contributed by atoms with Gasteiger partial charge < -0.3 is 39.2 Å². The highest BCUT2D eigenvalue weighted by Gasteiger charge is 2.37. The van der Waals surface area contributed by atoms with E-state index < -0.39 is 0 Å². The number of benzene rings is 4. The first-order chi connectivity index (χ1) is 59.3. The van der Waals surface area contributed by atoms with Gasteiger partial charge in [0.25, 0.3) is 0 Å². The summed E-state index contributed by atoms with van der Waals surface area (Å²) in [5.41, 5.74) is 5.56. The van der Waals surface area contributed by atoms with Crippen molar-refractivity contribution in [1.82, 2.24) is 59.5 Å². The van der Waals surface area contributed by atoms with Crippen LogP contribution in [0.15, 0.2) is 191 Å². The molecule has 0 bridgehead atoms. The van der Waals surface area contributed by atoms with E-state index in [0.29, 0.717) is 0 Å². The van der Waals surface area contributed by atoms with Crippen LogP contribution in [-0.2, 0) is 44.9 Å². The summed E-state index contributed by atoms with van der Waals surface area (Å²) in [5.74, 6) is 4.36. The third-order valence-corrected chi connectivity index (χ3v) is 32.5. The fourth-order valence-electron chi connectivity index (χ4n) is 16.5. The molecule has 122 heavy (non-hydrogen) atoms. The van der Waals surface area contributed by atoms with Crippen molar-refractivity contribution in [1.29, 1.82) is 0 Å². The van der Waals surface area contributed by atoms with E-state index in [2.05, 4.69) is 275 Å². The lowest BCUT2D eigenvalue weighted by Crippen LogP contribution is -2.48. The number of hydrogen-bond donors (Lipinski definition) is 0. The number of aromatic nitrogens is 8. The molecule has 20 rings (SSSR count). The zero-order valence-corrected chi connectivity index (χ0v) is 78.1. The lowest BCUT2D eigenvalue weighted by Gasteiger charge is -2.36. The number of rotatable bonds is 18. The molecular formula is C94H112N20S8. The molecule has 12 aromatic rings. The molecule has 4 aromatic carbocycles. The number of thioether (sulfide) groups is 4. The van der Waals surface area contributed by atoms with E-state index in [1.807, 2.05) is 69.7 Å². The van der Waals surface area contributed by atoms with Gasteiger partial charge in [-0.05, 0) is 160 Å². The van der Waals surface area contributed by atoms with Gasteiger partial charge in [-0.15, -0.1) is 45.3 Å². The van der Waals surface area contributed by atoms with Crippen molar-refractivity contribution in [3.05, 3.63) is 213 Å². The average molecular weight is 1780 g/mol. The molecule has 16 heterocycles. The summed E-state index contributed by atoms with van der Waals surface area (Å²) >= 11 is 14.9. The van der Waals surface area contributed by atoms with E-state index in [0.717, 1.165) is 225 Å². The molecule has 0 amide bonds. The smallest absolute Gasteiger partial charge is 0.159 e. The van der Waals surface area contributed by atoms with E-state index in [1.165, 1.54) is 96.8 Å². The van der Waals surface area contributed by atoms with Crippen molar-refractivity contribution in [2.75, 3.05) is 150 Å². The molecule has 636 valence electrons. The fraction of sp³-hybridized carbons (Fsp3) is 0.447. The van der Waals surface area contributed by atoms with Crippen LogP contribution in [0, 0.1) is 0 Å². The number of anilines is 4. The van der Waals surface area contributed by atoms with Gasteiger partial charge in [-0.2, -0.15) is 0 Å². The first-order valence-electron chi connectivity index (χ1n) is 43.3. The molecule has 4 saturated heterocycles. The van der Waals surface area contributed by atoms with Crippen molar-refractivity contribution in [3.8, 4) is 0 Å². The van der Waals surface area contributed by atoms with Crippen LogP contribution in [0.1, 0.15) is 116 Å². The Morgan fingerprint density at radius 1 is 0.254 bits per heavy atom. The summed E-state index contributed by atoms with van der Waals surface area (Å²) < 4.78 is 0.938. The van der Waals surface area contributed by atoms with Crippen LogP contribution < -0.4 is 19.6 Å². The zero-order valence-electron chi connectivity index (χ0n) is 71.6. The molecule has 28 heteroatoms. The van der Waals surface area contributed by atoms with Crippen molar-refractivity contribution < 1.29 is 0 Å². The van der Waals surface area contributed by atoms with Crippen LogP contribution in [0.4, 0.5) is 23.3 Å². The predicted octanol–water partition coefficient (Wildman–Crippen LogP) is 18.9. The largest absolute Gasteiger partial charge is 0.352 e. The molecule has 20 nitrogen and oxygen atoms in total. The molecule has 8 aliphatic heterocycles. The minimum atomic E-state index is 0.233. The Hall–Kier alpha value is -8.48. The van der Waals surface area contributed by atoms with Gasteiger partial charge in [0.15, 0.2) is 20.7 Å². The number of hydrogen-bond acceptors (Lipinski definition) is 28. The van der Waals surface area contributed by atoms with Crippen LogP contribution in [-0.4, -0.2) is 230 Å². The highest BCUT2D eigenvalue weighted by atomic mass is 32.2. The van der Waals surface area contributed by atoms with Gasteiger partial charge in [0.1, 0.15) is 67.9 Å². The Morgan fingerprint density at radius 3 is 0.803 bits per heavy atom. The summed E-state index contributed by atoms with van der Waals surface area (Å²) in [5, 5.41) is 9.68. The van der Waals surface area contributed by atoms with E-state index in [9.17, 15) is 0 Å². The number of fused-ring (bicyclic) bond motifs is 4. The Balaban J connectivity index is 0.000000116. The zero-order chi connectivity index (χ0) is 83.6. The maximum Gasteiger partial charge on any atom is 0.159 e. The Bertz CT molecular complexity index is 5620. The molecule has 0 unspecified atom stereocenters. The van der Waals surface area contributed by atoms with Gasteiger partial charge in [-0.1, -0.05) is 168 Å². The van der Waals surface area contributed by atoms with Gasteiger partial charge in [0.2, 0.25) is 0 Å². The molecule has 0 saturated carbocycles. The monoisotopic (exact) mass is 1780 g/mol. The van der Waals surface area contributed by atoms with Gasteiger partial charge in [-0.3, -0.25) is 20.0 Å². The molecule has 0 N–H and O–H groups in total. The Kier molecular flexibility index (Phi) is 27.4. The van der Waals surface area contributed by atoms with Crippen LogP contribution in [0.5, 0.6) is 0 Å². The van der Waals surface area contributed by atoms with Crippen molar-refractivity contribution in [3.63, 3.8) is 0 Å². The van der Waals surface area contributed by atoms with Crippen LogP contribution in [0.3, 0.4) is 0 Å². The van der Waals surface area contributed by atoms with Crippen molar-refractivity contribution in [2.24, 2.45) is 20.0 Å². The molecule has 8 aliphatic rings. The number of piperazine rings is 4. The topological polar surface area (TPSA) is 178 Å². The second-order valence-corrected chi connectivity index (χ2v) is 46.1. The van der Waals surface area contributed by atoms with E-state index in [-0.39, 0.29) is 19.0 Å². The van der Waals surface area contributed by atoms with E-state index >= 15 is 0 Å². The molecular weight excluding hydrogens is 1670 g/mol. The summed E-state index contributed by atoms with van der Waals surface area (Å²) in [7, 11) is 0. The summed E-state index contributed by atoms with van der Waals surface area (Å²) in [6, 6.07) is 52.1. The quantitative estimate of drug-likeness (QED) is 0.0740. The minimum absolute atomic E-state index is 0.233. The number of aryl methyl sites for hydroxylation is 6.